The van der Waals surface area contributed by atoms with Crippen molar-refractivity contribution in [1.82, 2.24) is 4.57 Å². The Morgan fingerprint density at radius 2 is 1.92 bits per heavy atom. The SMILES string of the molecule is N#Cc1c(Br)c(C(F)(F)F)n(COCCCl)c1-c1ccc(Cl)c(Cl)c1. The fourth-order valence-electron chi connectivity index (χ4n) is 2.25. The molecule has 0 aliphatic rings. The van der Waals surface area contributed by atoms with Crippen LogP contribution >= 0.6 is 50.7 Å². The molecule has 0 spiro atoms. The Bertz CT molecular complexity index is 831. The number of nitrogens with zero attached hydrogens (tertiary/aromatic N) is 2. The molecule has 2 aromatic rings. The Morgan fingerprint density at radius 3 is 2.44 bits per heavy atom. The third kappa shape index (κ3) is 4.26. The molecule has 1 heterocycles. The fraction of sp³-hybridized carbons (Fsp3) is 0.267. The minimum absolute atomic E-state index is 0.0230. The molecule has 0 fully saturated rings. The van der Waals surface area contributed by atoms with E-state index in [4.69, 9.17) is 39.5 Å². The zero-order valence-corrected chi connectivity index (χ0v) is 16.2. The van der Waals surface area contributed by atoms with Crippen LogP contribution < -0.4 is 0 Å². The van der Waals surface area contributed by atoms with Crippen molar-refractivity contribution in [1.29, 1.82) is 5.26 Å². The summed E-state index contributed by atoms with van der Waals surface area (Å²) in [6.07, 6.45) is -4.71. The van der Waals surface area contributed by atoms with Crippen LogP contribution in [0.5, 0.6) is 0 Å². The topological polar surface area (TPSA) is 38.0 Å². The summed E-state index contributed by atoms with van der Waals surface area (Å²) in [5.41, 5.74) is -0.883. The van der Waals surface area contributed by atoms with Gasteiger partial charge in [-0.15, -0.1) is 11.6 Å². The molecule has 0 aliphatic carbocycles. The Morgan fingerprint density at radius 1 is 1.24 bits per heavy atom. The summed E-state index contributed by atoms with van der Waals surface area (Å²) in [5, 5.41) is 9.78. The van der Waals surface area contributed by atoms with Gasteiger partial charge in [-0.1, -0.05) is 29.3 Å². The Labute approximate surface area is 165 Å². The molecule has 0 unspecified atom stereocenters. The second-order valence-electron chi connectivity index (χ2n) is 4.78. The highest BCUT2D eigenvalue weighted by Gasteiger charge is 2.40. The predicted molar refractivity (Wildman–Crippen MR) is 94.0 cm³/mol. The van der Waals surface area contributed by atoms with Crippen LogP contribution in [0.2, 0.25) is 10.0 Å². The molecule has 134 valence electrons. The van der Waals surface area contributed by atoms with Crippen molar-refractivity contribution in [2.45, 2.75) is 12.9 Å². The van der Waals surface area contributed by atoms with Crippen molar-refractivity contribution in [3.8, 4) is 17.3 Å². The van der Waals surface area contributed by atoms with Crippen molar-refractivity contribution in [2.75, 3.05) is 12.5 Å². The average molecular weight is 477 g/mol. The molecule has 0 amide bonds. The van der Waals surface area contributed by atoms with Crippen molar-refractivity contribution in [3.63, 3.8) is 0 Å². The molecule has 0 atom stereocenters. The van der Waals surface area contributed by atoms with Crippen LogP contribution in [0.3, 0.4) is 0 Å². The van der Waals surface area contributed by atoms with Crippen molar-refractivity contribution < 1.29 is 17.9 Å². The van der Waals surface area contributed by atoms with E-state index < -0.39 is 18.6 Å². The van der Waals surface area contributed by atoms with Gasteiger partial charge in [-0.25, -0.2) is 0 Å². The van der Waals surface area contributed by atoms with E-state index in [1.54, 1.807) is 6.07 Å². The quantitative estimate of drug-likeness (QED) is 0.374. The highest BCUT2D eigenvalue weighted by atomic mass is 79.9. The number of halogens is 7. The maximum absolute atomic E-state index is 13.5. The minimum atomic E-state index is -4.71. The minimum Gasteiger partial charge on any atom is -0.360 e. The molecule has 0 N–H and O–H groups in total. The van der Waals surface area contributed by atoms with E-state index in [-0.39, 0.29) is 38.3 Å². The first kappa shape index (κ1) is 20.4. The van der Waals surface area contributed by atoms with Gasteiger partial charge in [0.25, 0.3) is 0 Å². The first-order valence-corrected chi connectivity index (χ1v) is 8.79. The zero-order chi connectivity index (χ0) is 18.8. The average Bonchev–Trinajstić information content (AvgIpc) is 2.82. The Balaban J connectivity index is 2.75. The number of benzene rings is 1. The highest BCUT2D eigenvalue weighted by molar-refractivity contribution is 9.10. The lowest BCUT2D eigenvalue weighted by atomic mass is 10.1. The van der Waals surface area contributed by atoms with Gasteiger partial charge in [-0.3, -0.25) is 0 Å². The molecule has 0 radical (unpaired) electrons. The van der Waals surface area contributed by atoms with Crippen LogP contribution in [0.25, 0.3) is 11.3 Å². The maximum atomic E-state index is 13.5. The van der Waals surface area contributed by atoms with Crippen LogP contribution in [0.1, 0.15) is 11.3 Å². The molecule has 10 heteroatoms. The number of hydrogen-bond acceptors (Lipinski definition) is 2. The van der Waals surface area contributed by atoms with Crippen LogP contribution in [-0.2, 0) is 17.6 Å². The number of nitriles is 1. The molecule has 3 nitrogen and oxygen atoms in total. The fourth-order valence-corrected chi connectivity index (χ4v) is 3.37. The molecule has 0 bridgehead atoms. The largest absolute Gasteiger partial charge is 0.432 e. The van der Waals surface area contributed by atoms with Gasteiger partial charge < -0.3 is 9.30 Å². The standard InChI is InChI=1S/C15H9BrCl3F3N2O/c16-12-9(6-23)13(8-1-2-10(18)11(19)5-8)24(7-25-4-3-17)14(12)15(20,21)22/h1-2,5H,3-4,7H2. The van der Waals surface area contributed by atoms with Gasteiger partial charge in [-0.2, -0.15) is 18.4 Å². The number of aromatic nitrogens is 1. The third-order valence-corrected chi connectivity index (χ3v) is 4.88. The smallest absolute Gasteiger partial charge is 0.360 e. The molecule has 0 saturated carbocycles. The normalized spacial score (nSPS) is 11.6. The molecular weight excluding hydrogens is 467 g/mol. The van der Waals surface area contributed by atoms with Crippen molar-refractivity contribution in [3.05, 3.63) is 44.0 Å². The Kier molecular flexibility index (Phi) is 6.68. The first-order valence-electron chi connectivity index (χ1n) is 6.70. The van der Waals surface area contributed by atoms with E-state index in [0.29, 0.717) is 5.56 Å². The number of alkyl halides is 4. The van der Waals surface area contributed by atoms with Crippen molar-refractivity contribution >= 4 is 50.7 Å². The lowest BCUT2D eigenvalue weighted by molar-refractivity contribution is -0.146. The van der Waals surface area contributed by atoms with Crippen LogP contribution in [-0.4, -0.2) is 17.1 Å². The number of hydrogen-bond donors (Lipinski definition) is 0. The van der Waals surface area contributed by atoms with E-state index in [9.17, 15) is 18.4 Å². The van der Waals surface area contributed by atoms with Gasteiger partial charge >= 0.3 is 6.18 Å². The predicted octanol–water partition coefficient (Wildman–Crippen LogP) is 6.33. The lowest BCUT2D eigenvalue weighted by Gasteiger charge is -2.16. The molecular formula is C15H9BrCl3F3N2O. The molecule has 2 rings (SSSR count). The molecule has 1 aromatic heterocycles. The summed E-state index contributed by atoms with van der Waals surface area (Å²) in [6, 6.07) is 6.11. The number of ether oxygens (including phenoxy) is 1. The second-order valence-corrected chi connectivity index (χ2v) is 6.76. The highest BCUT2D eigenvalue weighted by Crippen LogP contribution is 2.43. The van der Waals surface area contributed by atoms with E-state index >= 15 is 0 Å². The summed E-state index contributed by atoms with van der Waals surface area (Å²) in [6.45, 7) is -0.380. The van der Waals surface area contributed by atoms with E-state index in [0.717, 1.165) is 4.57 Å². The Hall–Kier alpha value is -0.910. The van der Waals surface area contributed by atoms with E-state index in [1.807, 2.05) is 0 Å². The van der Waals surface area contributed by atoms with Gasteiger partial charge in [0, 0.05) is 11.4 Å². The maximum Gasteiger partial charge on any atom is 0.432 e. The summed E-state index contributed by atoms with van der Waals surface area (Å²) in [4.78, 5) is 0. The van der Waals surface area contributed by atoms with Crippen LogP contribution in [0.15, 0.2) is 22.7 Å². The third-order valence-electron chi connectivity index (χ3n) is 3.22. The molecule has 0 saturated heterocycles. The monoisotopic (exact) mass is 474 g/mol. The van der Waals surface area contributed by atoms with Gasteiger partial charge in [0.1, 0.15) is 18.5 Å². The summed E-state index contributed by atoms with van der Waals surface area (Å²) < 4.78 is 46.2. The van der Waals surface area contributed by atoms with Gasteiger partial charge in [0.05, 0.1) is 32.4 Å². The lowest BCUT2D eigenvalue weighted by Crippen LogP contribution is -2.17. The van der Waals surface area contributed by atoms with Crippen molar-refractivity contribution in [2.24, 2.45) is 0 Å². The summed E-state index contributed by atoms with van der Waals surface area (Å²) in [5.74, 6) is 0.122. The molecule has 1 aromatic carbocycles. The van der Waals surface area contributed by atoms with Gasteiger partial charge in [-0.05, 0) is 28.1 Å². The van der Waals surface area contributed by atoms with Crippen LogP contribution in [0, 0.1) is 11.3 Å². The van der Waals surface area contributed by atoms with Gasteiger partial charge in [0.2, 0.25) is 0 Å². The molecule has 25 heavy (non-hydrogen) atoms. The van der Waals surface area contributed by atoms with E-state index in [2.05, 4.69) is 15.9 Å². The van der Waals surface area contributed by atoms with E-state index in [1.165, 1.54) is 18.2 Å². The van der Waals surface area contributed by atoms with Crippen LogP contribution in [0.4, 0.5) is 13.2 Å². The molecule has 0 aliphatic heterocycles. The second kappa shape index (κ2) is 8.19. The summed E-state index contributed by atoms with van der Waals surface area (Å²) in [7, 11) is 0. The van der Waals surface area contributed by atoms with Gasteiger partial charge in [0.15, 0.2) is 0 Å². The zero-order valence-electron chi connectivity index (χ0n) is 12.3. The summed E-state index contributed by atoms with van der Waals surface area (Å²) >= 11 is 20.2. The first-order chi connectivity index (χ1) is 11.7. The number of rotatable bonds is 5.